The van der Waals surface area contributed by atoms with Crippen LogP contribution in [0.1, 0.15) is 12.5 Å². The maximum atomic E-state index is 12.9. The second kappa shape index (κ2) is 7.98. The molecule has 1 unspecified atom stereocenters. The van der Waals surface area contributed by atoms with Crippen molar-refractivity contribution in [3.05, 3.63) is 58.6 Å². The van der Waals surface area contributed by atoms with Crippen molar-refractivity contribution in [2.75, 3.05) is 11.9 Å². The fraction of sp³-hybridized carbons (Fsp3) is 0.211. The lowest BCUT2D eigenvalue weighted by molar-refractivity contribution is -0.274. The molecule has 2 aromatic rings. The zero-order chi connectivity index (χ0) is 22.1. The molecule has 0 radical (unpaired) electrons. The molecule has 0 bridgehead atoms. The number of hydrogen-bond donors (Lipinski definition) is 2. The Morgan fingerprint density at radius 2 is 1.80 bits per heavy atom. The molecular formula is C19H15BrF3N3O4. The zero-order valence-corrected chi connectivity index (χ0v) is 17.0. The quantitative estimate of drug-likeness (QED) is 0.631. The molecule has 1 aliphatic rings. The molecule has 158 valence electrons. The molecule has 4 amide bonds. The summed E-state index contributed by atoms with van der Waals surface area (Å²) in [4.78, 5) is 38.3. The molecule has 7 nitrogen and oxygen atoms in total. The minimum atomic E-state index is -4.82. The highest BCUT2D eigenvalue weighted by molar-refractivity contribution is 9.10. The molecule has 0 aliphatic carbocycles. The van der Waals surface area contributed by atoms with Crippen LogP contribution in [0.2, 0.25) is 0 Å². The minimum absolute atomic E-state index is 0.176. The molecule has 1 aliphatic heterocycles. The van der Waals surface area contributed by atoms with E-state index in [-0.39, 0.29) is 5.69 Å². The van der Waals surface area contributed by atoms with Gasteiger partial charge < -0.3 is 15.4 Å². The van der Waals surface area contributed by atoms with Crippen molar-refractivity contribution in [3.8, 4) is 5.75 Å². The van der Waals surface area contributed by atoms with Gasteiger partial charge >= 0.3 is 12.4 Å². The fourth-order valence-electron chi connectivity index (χ4n) is 2.97. The molecule has 2 aromatic carbocycles. The summed E-state index contributed by atoms with van der Waals surface area (Å²) in [7, 11) is 0. The third-order valence-corrected chi connectivity index (χ3v) is 5.05. The first kappa shape index (κ1) is 21.6. The molecule has 0 saturated carbocycles. The first-order valence-corrected chi connectivity index (χ1v) is 9.34. The second-order valence-electron chi connectivity index (χ2n) is 6.55. The van der Waals surface area contributed by atoms with E-state index in [0.29, 0.717) is 10.0 Å². The number of nitrogens with zero attached hydrogens (tertiary/aromatic N) is 1. The van der Waals surface area contributed by atoms with Crippen molar-refractivity contribution in [1.82, 2.24) is 10.2 Å². The third kappa shape index (κ3) is 4.56. The van der Waals surface area contributed by atoms with E-state index >= 15 is 0 Å². The summed E-state index contributed by atoms with van der Waals surface area (Å²) in [5.74, 6) is -1.75. The van der Waals surface area contributed by atoms with Crippen LogP contribution in [0.25, 0.3) is 0 Å². The number of imide groups is 1. The van der Waals surface area contributed by atoms with Gasteiger partial charge in [0, 0.05) is 15.7 Å². The smallest absolute Gasteiger partial charge is 0.406 e. The van der Waals surface area contributed by atoms with E-state index in [0.717, 1.165) is 17.0 Å². The summed E-state index contributed by atoms with van der Waals surface area (Å²) < 4.78 is 40.9. The van der Waals surface area contributed by atoms with Gasteiger partial charge in [0.25, 0.3) is 5.91 Å². The number of urea groups is 1. The predicted octanol–water partition coefficient (Wildman–Crippen LogP) is 3.75. The molecule has 0 spiro atoms. The maximum absolute atomic E-state index is 12.9. The monoisotopic (exact) mass is 485 g/mol. The van der Waals surface area contributed by atoms with Crippen molar-refractivity contribution in [2.45, 2.75) is 18.8 Å². The highest BCUT2D eigenvalue weighted by atomic mass is 79.9. The van der Waals surface area contributed by atoms with E-state index in [9.17, 15) is 27.6 Å². The largest absolute Gasteiger partial charge is 0.573 e. The van der Waals surface area contributed by atoms with E-state index in [1.54, 1.807) is 24.3 Å². The summed E-state index contributed by atoms with van der Waals surface area (Å²) >= 11 is 3.35. The Labute approximate surface area is 177 Å². The van der Waals surface area contributed by atoms with Gasteiger partial charge in [-0.25, -0.2) is 4.79 Å². The topological polar surface area (TPSA) is 87.7 Å². The normalized spacial score (nSPS) is 18.9. The van der Waals surface area contributed by atoms with Crippen LogP contribution in [-0.2, 0) is 15.1 Å². The van der Waals surface area contributed by atoms with Crippen molar-refractivity contribution in [2.24, 2.45) is 0 Å². The van der Waals surface area contributed by atoms with E-state index in [2.05, 4.69) is 31.3 Å². The van der Waals surface area contributed by atoms with Gasteiger partial charge in [0.15, 0.2) is 0 Å². The number of amides is 4. The maximum Gasteiger partial charge on any atom is 0.573 e. The average Bonchev–Trinajstić information content (AvgIpc) is 2.86. The number of carbonyl (C=O) groups is 3. The predicted molar refractivity (Wildman–Crippen MR) is 103 cm³/mol. The highest BCUT2D eigenvalue weighted by Gasteiger charge is 2.50. The van der Waals surface area contributed by atoms with Crippen molar-refractivity contribution in [1.29, 1.82) is 0 Å². The highest BCUT2D eigenvalue weighted by Crippen LogP contribution is 2.33. The molecular weight excluding hydrogens is 471 g/mol. The SMILES string of the molecule is CC1(c2ccccc2Br)NC(=O)N(CC(=O)Nc2ccc(OC(F)(F)F)cc2)C1=O. The van der Waals surface area contributed by atoms with Crippen molar-refractivity contribution >= 4 is 39.5 Å². The summed E-state index contributed by atoms with van der Waals surface area (Å²) in [6.07, 6.45) is -4.82. The summed E-state index contributed by atoms with van der Waals surface area (Å²) in [5, 5.41) is 5.01. The summed E-state index contributed by atoms with van der Waals surface area (Å²) in [5.41, 5.74) is -0.643. The molecule has 1 fully saturated rings. The Balaban J connectivity index is 1.68. The third-order valence-electron chi connectivity index (χ3n) is 4.36. The number of benzene rings is 2. The van der Waals surface area contributed by atoms with E-state index in [1.165, 1.54) is 19.1 Å². The Morgan fingerprint density at radius 3 is 2.40 bits per heavy atom. The number of nitrogens with one attached hydrogen (secondary N) is 2. The Morgan fingerprint density at radius 1 is 1.17 bits per heavy atom. The van der Waals surface area contributed by atoms with Crippen molar-refractivity contribution < 1.29 is 32.3 Å². The van der Waals surface area contributed by atoms with Crippen LogP contribution in [-0.4, -0.2) is 35.7 Å². The van der Waals surface area contributed by atoms with Gasteiger partial charge in [-0.05, 0) is 37.3 Å². The molecule has 1 saturated heterocycles. The van der Waals surface area contributed by atoms with Gasteiger partial charge in [-0.2, -0.15) is 0 Å². The van der Waals surface area contributed by atoms with Crippen LogP contribution in [0, 0.1) is 0 Å². The first-order chi connectivity index (χ1) is 14.0. The first-order valence-electron chi connectivity index (χ1n) is 8.54. The summed E-state index contributed by atoms with van der Waals surface area (Å²) in [6.45, 7) is 0.968. The molecule has 30 heavy (non-hydrogen) atoms. The Kier molecular flexibility index (Phi) is 5.75. The molecule has 11 heteroatoms. The number of alkyl halides is 3. The number of carbonyl (C=O) groups excluding carboxylic acids is 3. The van der Waals surface area contributed by atoms with Crippen LogP contribution >= 0.6 is 15.9 Å². The average molecular weight is 486 g/mol. The number of rotatable bonds is 5. The van der Waals surface area contributed by atoms with Gasteiger partial charge in [0.1, 0.15) is 17.8 Å². The lowest BCUT2D eigenvalue weighted by Crippen LogP contribution is -2.42. The standard InChI is InChI=1S/C19H15BrF3N3O4/c1-18(13-4-2-3-5-14(13)20)16(28)26(17(29)25-18)10-15(27)24-11-6-8-12(9-7-11)30-19(21,22)23/h2-9H,10H2,1H3,(H,24,27)(H,25,29). The van der Waals surface area contributed by atoms with Gasteiger partial charge in [0.2, 0.25) is 5.91 Å². The molecule has 1 heterocycles. The van der Waals surface area contributed by atoms with Gasteiger partial charge in [-0.3, -0.25) is 14.5 Å². The van der Waals surface area contributed by atoms with Crippen LogP contribution in [0.5, 0.6) is 5.75 Å². The van der Waals surface area contributed by atoms with E-state index in [1.807, 2.05) is 0 Å². The van der Waals surface area contributed by atoms with Gasteiger partial charge in [0.05, 0.1) is 0 Å². The Bertz CT molecular complexity index is 997. The number of hydrogen-bond acceptors (Lipinski definition) is 4. The Hall–Kier alpha value is -3.08. The number of ether oxygens (including phenoxy) is 1. The van der Waals surface area contributed by atoms with Crippen molar-refractivity contribution in [3.63, 3.8) is 0 Å². The lowest BCUT2D eigenvalue weighted by Gasteiger charge is -2.23. The molecule has 1 atom stereocenters. The van der Waals surface area contributed by atoms with Crippen LogP contribution in [0.15, 0.2) is 53.0 Å². The molecule has 2 N–H and O–H groups in total. The second-order valence-corrected chi connectivity index (χ2v) is 7.40. The number of anilines is 1. The minimum Gasteiger partial charge on any atom is -0.406 e. The van der Waals surface area contributed by atoms with Crippen LogP contribution in [0.3, 0.4) is 0 Å². The zero-order valence-electron chi connectivity index (χ0n) is 15.4. The number of halogens is 4. The molecule has 0 aromatic heterocycles. The van der Waals surface area contributed by atoms with E-state index in [4.69, 9.17) is 0 Å². The van der Waals surface area contributed by atoms with Gasteiger partial charge in [-0.15, -0.1) is 13.2 Å². The molecule has 3 rings (SSSR count). The van der Waals surface area contributed by atoms with Gasteiger partial charge in [-0.1, -0.05) is 34.1 Å². The van der Waals surface area contributed by atoms with E-state index < -0.39 is 42.0 Å². The summed E-state index contributed by atoms with van der Waals surface area (Å²) in [6, 6.07) is 10.6. The van der Waals surface area contributed by atoms with Crippen LogP contribution < -0.4 is 15.4 Å². The fourth-order valence-corrected chi connectivity index (χ4v) is 3.66. The van der Waals surface area contributed by atoms with Crippen LogP contribution in [0.4, 0.5) is 23.7 Å². The lowest BCUT2D eigenvalue weighted by atomic mass is 9.92.